The van der Waals surface area contributed by atoms with Gasteiger partial charge in [-0.25, -0.2) is 4.79 Å². The van der Waals surface area contributed by atoms with Crippen molar-refractivity contribution in [3.8, 4) is 0 Å². The topological polar surface area (TPSA) is 61.4 Å². The number of urea groups is 1. The quantitative estimate of drug-likeness (QED) is 0.930. The lowest BCUT2D eigenvalue weighted by molar-refractivity contribution is 0.208. The first-order valence-electron chi connectivity index (χ1n) is 8.40. The Labute approximate surface area is 145 Å². The van der Waals surface area contributed by atoms with Crippen molar-refractivity contribution in [3.63, 3.8) is 0 Å². The fraction of sp³-hybridized carbons (Fsp3) is 0.471. The van der Waals surface area contributed by atoms with E-state index in [4.69, 9.17) is 0 Å². The van der Waals surface area contributed by atoms with Gasteiger partial charge >= 0.3 is 6.03 Å². The van der Waals surface area contributed by atoms with E-state index >= 15 is 0 Å². The molecule has 0 unspecified atom stereocenters. The van der Waals surface area contributed by atoms with Gasteiger partial charge in [-0.2, -0.15) is 0 Å². The number of carbonyl (C=O) groups is 1. The molecule has 1 aromatic heterocycles. The molecule has 0 radical (unpaired) electrons. The van der Waals surface area contributed by atoms with Crippen molar-refractivity contribution >= 4 is 28.2 Å². The number of hydrogen-bond donors (Lipinski definition) is 1. The van der Waals surface area contributed by atoms with Crippen molar-refractivity contribution in [2.45, 2.75) is 25.7 Å². The Morgan fingerprint density at radius 1 is 1.21 bits per heavy atom. The maximum Gasteiger partial charge on any atom is 0.323 e. The molecule has 7 heteroatoms. The molecule has 1 aliphatic heterocycles. The predicted molar refractivity (Wildman–Crippen MR) is 95.9 cm³/mol. The summed E-state index contributed by atoms with van der Waals surface area (Å²) in [6.07, 6.45) is 2.40. The molecule has 2 aromatic rings. The van der Waals surface area contributed by atoms with Crippen LogP contribution in [0.4, 0.5) is 15.6 Å². The molecule has 1 saturated heterocycles. The van der Waals surface area contributed by atoms with E-state index in [0.29, 0.717) is 24.1 Å². The summed E-state index contributed by atoms with van der Waals surface area (Å²) in [5.41, 5.74) is 2.49. The van der Waals surface area contributed by atoms with Crippen molar-refractivity contribution < 1.29 is 4.79 Å². The average Bonchev–Trinajstić information content (AvgIpc) is 3.35. The molecule has 24 heavy (non-hydrogen) atoms. The van der Waals surface area contributed by atoms with Gasteiger partial charge in [-0.1, -0.05) is 23.5 Å². The number of rotatable bonds is 3. The Hall–Kier alpha value is -2.15. The Kier molecular flexibility index (Phi) is 4.10. The highest BCUT2D eigenvalue weighted by atomic mass is 32.1. The number of hydrogen-bond acceptors (Lipinski definition) is 5. The predicted octanol–water partition coefficient (Wildman–Crippen LogP) is 3.08. The van der Waals surface area contributed by atoms with E-state index in [1.54, 1.807) is 0 Å². The number of anilines is 2. The molecule has 1 saturated carbocycles. The summed E-state index contributed by atoms with van der Waals surface area (Å²) in [4.78, 5) is 16.6. The van der Waals surface area contributed by atoms with Crippen LogP contribution in [0.3, 0.4) is 0 Å². The first-order chi connectivity index (χ1) is 11.7. The fourth-order valence-corrected chi connectivity index (χ4v) is 3.85. The van der Waals surface area contributed by atoms with Crippen LogP contribution in [0, 0.1) is 6.92 Å². The molecule has 6 nitrogen and oxygen atoms in total. The first-order valence-corrected chi connectivity index (χ1v) is 9.21. The number of aryl methyl sites for hydroxylation is 1. The number of aromatic nitrogens is 2. The van der Waals surface area contributed by atoms with Gasteiger partial charge in [0, 0.05) is 37.8 Å². The van der Waals surface area contributed by atoms with Crippen molar-refractivity contribution in [2.24, 2.45) is 0 Å². The van der Waals surface area contributed by atoms with Crippen LogP contribution in [0.1, 0.15) is 29.3 Å². The molecule has 0 spiro atoms. The molecular weight excluding hydrogens is 322 g/mol. The number of nitrogens with one attached hydrogen (secondary N) is 1. The monoisotopic (exact) mass is 343 g/mol. The number of carbonyl (C=O) groups excluding carboxylic acids is 1. The summed E-state index contributed by atoms with van der Waals surface area (Å²) in [5, 5.41) is 12.8. The normalized spacial score (nSPS) is 17.9. The van der Waals surface area contributed by atoms with Crippen molar-refractivity contribution in [3.05, 3.63) is 34.8 Å². The maximum absolute atomic E-state index is 12.4. The molecule has 0 atom stereocenters. The third-order valence-electron chi connectivity index (χ3n) is 4.51. The summed E-state index contributed by atoms with van der Waals surface area (Å²) in [7, 11) is 0. The van der Waals surface area contributed by atoms with Gasteiger partial charge in [-0.15, -0.1) is 10.2 Å². The molecule has 2 aliphatic rings. The van der Waals surface area contributed by atoms with E-state index in [0.717, 1.165) is 18.1 Å². The van der Waals surface area contributed by atoms with Gasteiger partial charge in [-0.05, 0) is 37.5 Å². The van der Waals surface area contributed by atoms with E-state index in [-0.39, 0.29) is 6.03 Å². The fourth-order valence-electron chi connectivity index (χ4n) is 2.94. The van der Waals surface area contributed by atoms with Crippen LogP contribution >= 0.6 is 11.3 Å². The van der Waals surface area contributed by atoms with Crippen LogP contribution in [0.25, 0.3) is 0 Å². The minimum absolute atomic E-state index is 0.0719. The zero-order valence-corrected chi connectivity index (χ0v) is 14.6. The molecule has 126 valence electrons. The summed E-state index contributed by atoms with van der Waals surface area (Å²) in [5.74, 6) is 0.575. The largest absolute Gasteiger partial charge is 0.368 e. The first kappa shape index (κ1) is 15.4. The molecular formula is C17H21N5OS. The average molecular weight is 343 g/mol. The minimum Gasteiger partial charge on any atom is -0.368 e. The summed E-state index contributed by atoms with van der Waals surface area (Å²) in [6.45, 7) is 5.23. The third kappa shape index (κ3) is 3.36. The van der Waals surface area contributed by atoms with Gasteiger partial charge in [0.15, 0.2) is 0 Å². The molecule has 1 aliphatic carbocycles. The highest BCUT2D eigenvalue weighted by Gasteiger charge is 2.28. The molecule has 0 bridgehead atoms. The lowest BCUT2D eigenvalue weighted by Gasteiger charge is -2.36. The lowest BCUT2D eigenvalue weighted by Crippen LogP contribution is -2.50. The van der Waals surface area contributed by atoms with Gasteiger partial charge in [0.1, 0.15) is 5.01 Å². The SMILES string of the molecule is Cc1cccc(N2CCN(C(=O)Nc3nnc(C4CC4)s3)CC2)c1. The second kappa shape index (κ2) is 6.39. The Morgan fingerprint density at radius 3 is 2.71 bits per heavy atom. The van der Waals surface area contributed by atoms with Crippen LogP contribution in [0.2, 0.25) is 0 Å². The zero-order valence-electron chi connectivity index (χ0n) is 13.7. The van der Waals surface area contributed by atoms with Crippen LogP contribution in [0.5, 0.6) is 0 Å². The van der Waals surface area contributed by atoms with Crippen molar-refractivity contribution in [1.29, 1.82) is 0 Å². The summed E-state index contributed by atoms with van der Waals surface area (Å²) >= 11 is 1.50. The summed E-state index contributed by atoms with van der Waals surface area (Å²) < 4.78 is 0. The minimum atomic E-state index is -0.0719. The smallest absolute Gasteiger partial charge is 0.323 e. The van der Waals surface area contributed by atoms with Gasteiger partial charge in [-0.3, -0.25) is 5.32 Å². The number of nitrogens with zero attached hydrogens (tertiary/aromatic N) is 4. The molecule has 1 N–H and O–H groups in total. The number of amides is 2. The van der Waals surface area contributed by atoms with Gasteiger partial charge in [0.25, 0.3) is 0 Å². The summed E-state index contributed by atoms with van der Waals surface area (Å²) in [6, 6.07) is 8.43. The van der Waals surface area contributed by atoms with Gasteiger partial charge in [0.2, 0.25) is 5.13 Å². The molecule has 2 fully saturated rings. The second-order valence-electron chi connectivity index (χ2n) is 6.46. The lowest BCUT2D eigenvalue weighted by atomic mass is 10.2. The van der Waals surface area contributed by atoms with E-state index in [2.05, 4.69) is 51.6 Å². The highest BCUT2D eigenvalue weighted by molar-refractivity contribution is 7.15. The zero-order chi connectivity index (χ0) is 16.5. The Bertz CT molecular complexity index is 734. The van der Waals surface area contributed by atoms with Gasteiger partial charge < -0.3 is 9.80 Å². The second-order valence-corrected chi connectivity index (χ2v) is 7.47. The Balaban J connectivity index is 1.32. The van der Waals surface area contributed by atoms with E-state index in [9.17, 15) is 4.79 Å². The van der Waals surface area contributed by atoms with Gasteiger partial charge in [0.05, 0.1) is 0 Å². The Morgan fingerprint density at radius 2 is 2.00 bits per heavy atom. The van der Waals surface area contributed by atoms with Crippen molar-refractivity contribution in [2.75, 3.05) is 36.4 Å². The van der Waals surface area contributed by atoms with E-state index < -0.39 is 0 Å². The number of piperazine rings is 1. The highest BCUT2D eigenvalue weighted by Crippen LogP contribution is 2.42. The van der Waals surface area contributed by atoms with Crippen LogP contribution in [0.15, 0.2) is 24.3 Å². The molecule has 4 rings (SSSR count). The van der Waals surface area contributed by atoms with Crippen LogP contribution < -0.4 is 10.2 Å². The standard InChI is InChI=1S/C17H21N5OS/c1-12-3-2-4-14(11-12)21-7-9-22(10-8-21)17(23)18-16-20-19-15(24-16)13-5-6-13/h2-4,11,13H,5-10H2,1H3,(H,18,20,23). The molecule has 2 amide bonds. The van der Waals surface area contributed by atoms with Crippen molar-refractivity contribution in [1.82, 2.24) is 15.1 Å². The third-order valence-corrected chi connectivity index (χ3v) is 5.52. The van der Waals surface area contributed by atoms with Crippen LogP contribution in [-0.2, 0) is 0 Å². The van der Waals surface area contributed by atoms with E-state index in [1.165, 1.54) is 35.4 Å². The molecule has 1 aromatic carbocycles. The van der Waals surface area contributed by atoms with E-state index in [1.807, 2.05) is 4.90 Å². The van der Waals surface area contributed by atoms with Crippen LogP contribution in [-0.4, -0.2) is 47.3 Å². The molecule has 2 heterocycles. The number of benzene rings is 1. The maximum atomic E-state index is 12.4.